The zero-order valence-corrected chi connectivity index (χ0v) is 13.1. The van der Waals surface area contributed by atoms with Crippen molar-refractivity contribution in [3.8, 4) is 0 Å². The zero-order chi connectivity index (χ0) is 16.7. The molecule has 3 rings (SSSR count). The lowest BCUT2D eigenvalue weighted by Crippen LogP contribution is -2.50. The van der Waals surface area contributed by atoms with E-state index in [0.29, 0.717) is 31.7 Å². The first-order chi connectivity index (χ1) is 10.8. The van der Waals surface area contributed by atoms with Crippen LogP contribution < -0.4 is 0 Å². The van der Waals surface area contributed by atoms with Crippen LogP contribution in [0.15, 0.2) is 6.07 Å². The quantitative estimate of drug-likeness (QED) is 0.899. The Morgan fingerprint density at radius 2 is 2.09 bits per heavy atom. The molecule has 3 heterocycles. The van der Waals surface area contributed by atoms with Crippen LogP contribution in [0, 0.1) is 0 Å². The summed E-state index contributed by atoms with van der Waals surface area (Å²) in [4.78, 5) is 2.12. The maximum absolute atomic E-state index is 12.7. The molecule has 1 aromatic heterocycles. The summed E-state index contributed by atoms with van der Waals surface area (Å²) >= 11 is 0. The van der Waals surface area contributed by atoms with Crippen LogP contribution in [-0.2, 0) is 24.5 Å². The highest BCUT2D eigenvalue weighted by atomic mass is 19.4. The molecule has 1 spiro atoms. The van der Waals surface area contributed by atoms with Gasteiger partial charge in [0.05, 0.1) is 17.4 Å². The Morgan fingerprint density at radius 1 is 1.39 bits per heavy atom. The maximum atomic E-state index is 12.7. The van der Waals surface area contributed by atoms with Crippen LogP contribution in [0.1, 0.15) is 37.1 Å². The lowest BCUT2D eigenvalue weighted by Gasteiger charge is -2.45. The molecule has 1 atom stereocenters. The first kappa shape index (κ1) is 16.7. The molecule has 8 heteroatoms. The van der Waals surface area contributed by atoms with Crippen LogP contribution in [0.4, 0.5) is 13.2 Å². The van der Waals surface area contributed by atoms with Gasteiger partial charge in [0.15, 0.2) is 5.69 Å². The standard InChI is InChI=1S/C15H22F3N3O2/c1-20-11(8-13(19-20)15(16,17)18)10-21-5-3-14(4-6-21)9-12(22)2-7-23-14/h8,12,22H,2-7,9-10H2,1H3. The second-order valence-electron chi connectivity index (χ2n) is 6.60. The largest absolute Gasteiger partial charge is 0.435 e. The van der Waals surface area contributed by atoms with Crippen molar-refractivity contribution in [2.24, 2.45) is 7.05 Å². The number of alkyl halides is 3. The van der Waals surface area contributed by atoms with Gasteiger partial charge in [0.1, 0.15) is 0 Å². The lowest BCUT2D eigenvalue weighted by molar-refractivity contribution is -0.143. The smallest absolute Gasteiger partial charge is 0.393 e. The molecule has 0 amide bonds. The Balaban J connectivity index is 1.60. The number of likely N-dealkylation sites (tertiary alicyclic amines) is 1. The van der Waals surface area contributed by atoms with E-state index in [0.717, 1.165) is 32.0 Å². The monoisotopic (exact) mass is 333 g/mol. The van der Waals surface area contributed by atoms with Crippen LogP contribution in [-0.4, -0.2) is 51.2 Å². The number of piperidine rings is 1. The van der Waals surface area contributed by atoms with E-state index in [1.807, 2.05) is 0 Å². The molecule has 0 radical (unpaired) electrons. The number of rotatable bonds is 2. The summed E-state index contributed by atoms with van der Waals surface area (Å²) in [5.41, 5.74) is -0.544. The van der Waals surface area contributed by atoms with Crippen molar-refractivity contribution in [3.05, 3.63) is 17.5 Å². The predicted molar refractivity (Wildman–Crippen MR) is 76.6 cm³/mol. The van der Waals surface area contributed by atoms with Crippen molar-refractivity contribution in [2.45, 2.75) is 50.1 Å². The number of hydrogen-bond acceptors (Lipinski definition) is 4. The number of aliphatic hydroxyl groups is 1. The zero-order valence-electron chi connectivity index (χ0n) is 13.1. The van der Waals surface area contributed by atoms with E-state index in [1.165, 1.54) is 11.7 Å². The van der Waals surface area contributed by atoms with E-state index in [1.54, 1.807) is 0 Å². The third-order valence-electron chi connectivity index (χ3n) is 4.89. The highest BCUT2D eigenvalue weighted by molar-refractivity contribution is 5.13. The van der Waals surface area contributed by atoms with Crippen molar-refractivity contribution in [1.82, 2.24) is 14.7 Å². The lowest BCUT2D eigenvalue weighted by atomic mass is 9.83. The highest BCUT2D eigenvalue weighted by Gasteiger charge is 2.40. The predicted octanol–water partition coefficient (Wildman–Crippen LogP) is 1.94. The molecule has 0 aromatic carbocycles. The van der Waals surface area contributed by atoms with E-state index in [4.69, 9.17) is 4.74 Å². The molecule has 2 aliphatic rings. The molecule has 2 fully saturated rings. The van der Waals surface area contributed by atoms with E-state index in [9.17, 15) is 18.3 Å². The van der Waals surface area contributed by atoms with Crippen LogP contribution >= 0.6 is 0 Å². The number of hydrogen-bond donors (Lipinski definition) is 1. The number of halogens is 3. The van der Waals surface area contributed by atoms with E-state index in [-0.39, 0.29) is 11.7 Å². The van der Waals surface area contributed by atoms with E-state index >= 15 is 0 Å². The molecule has 23 heavy (non-hydrogen) atoms. The van der Waals surface area contributed by atoms with Gasteiger partial charge in [0, 0.05) is 39.7 Å². The Morgan fingerprint density at radius 3 is 2.65 bits per heavy atom. The Bertz CT molecular complexity index is 551. The molecule has 0 aliphatic carbocycles. The molecule has 0 saturated carbocycles. The van der Waals surface area contributed by atoms with Crippen LogP contribution in [0.25, 0.3) is 0 Å². The molecule has 1 unspecified atom stereocenters. The van der Waals surface area contributed by atoms with Crippen LogP contribution in [0.3, 0.4) is 0 Å². The highest BCUT2D eigenvalue weighted by Crippen LogP contribution is 2.35. The van der Waals surface area contributed by atoms with Crippen molar-refractivity contribution >= 4 is 0 Å². The second-order valence-corrected chi connectivity index (χ2v) is 6.60. The summed E-state index contributed by atoms with van der Waals surface area (Å²) in [6.45, 7) is 2.52. The molecule has 130 valence electrons. The summed E-state index contributed by atoms with van der Waals surface area (Å²) in [5.74, 6) is 0. The SMILES string of the molecule is Cn1nc(C(F)(F)F)cc1CN1CCC2(CC1)CC(O)CCO2. The van der Waals surface area contributed by atoms with Crippen molar-refractivity contribution in [3.63, 3.8) is 0 Å². The Kier molecular flexibility index (Phi) is 4.41. The van der Waals surface area contributed by atoms with Gasteiger partial charge < -0.3 is 9.84 Å². The first-order valence-corrected chi connectivity index (χ1v) is 7.92. The minimum absolute atomic E-state index is 0.252. The van der Waals surface area contributed by atoms with Gasteiger partial charge in [0.2, 0.25) is 0 Å². The van der Waals surface area contributed by atoms with Crippen molar-refractivity contribution < 1.29 is 23.0 Å². The molecule has 5 nitrogen and oxygen atoms in total. The van der Waals surface area contributed by atoms with Crippen LogP contribution in [0.5, 0.6) is 0 Å². The number of aliphatic hydroxyl groups excluding tert-OH is 1. The Hall–Kier alpha value is -1.12. The fourth-order valence-electron chi connectivity index (χ4n) is 3.49. The van der Waals surface area contributed by atoms with E-state index < -0.39 is 11.9 Å². The number of aryl methyl sites for hydroxylation is 1. The molecular formula is C15H22F3N3O2. The van der Waals surface area contributed by atoms with Gasteiger partial charge in [-0.1, -0.05) is 0 Å². The summed E-state index contributed by atoms with van der Waals surface area (Å²) in [6, 6.07) is 1.12. The molecule has 2 saturated heterocycles. The van der Waals surface area contributed by atoms with Gasteiger partial charge in [-0.25, -0.2) is 0 Å². The molecule has 0 bridgehead atoms. The topological polar surface area (TPSA) is 50.5 Å². The third-order valence-corrected chi connectivity index (χ3v) is 4.89. The molecule has 1 aromatic rings. The van der Waals surface area contributed by atoms with Gasteiger partial charge in [-0.05, 0) is 25.3 Å². The number of aromatic nitrogens is 2. The minimum Gasteiger partial charge on any atom is -0.393 e. The average Bonchev–Trinajstić information content (AvgIpc) is 2.83. The number of nitrogens with zero attached hydrogens (tertiary/aromatic N) is 3. The van der Waals surface area contributed by atoms with Crippen molar-refractivity contribution in [1.29, 1.82) is 0 Å². The fraction of sp³-hybridized carbons (Fsp3) is 0.800. The average molecular weight is 333 g/mol. The fourth-order valence-corrected chi connectivity index (χ4v) is 3.49. The van der Waals surface area contributed by atoms with Gasteiger partial charge >= 0.3 is 6.18 Å². The van der Waals surface area contributed by atoms with Gasteiger partial charge in [-0.3, -0.25) is 9.58 Å². The molecule has 1 N–H and O–H groups in total. The van der Waals surface area contributed by atoms with Gasteiger partial charge in [0.25, 0.3) is 0 Å². The summed E-state index contributed by atoms with van der Waals surface area (Å²) in [6.07, 6.45) is -1.77. The van der Waals surface area contributed by atoms with Crippen LogP contribution in [0.2, 0.25) is 0 Å². The van der Waals surface area contributed by atoms with E-state index in [2.05, 4.69) is 10.00 Å². The minimum atomic E-state index is -4.41. The second kappa shape index (κ2) is 6.07. The first-order valence-electron chi connectivity index (χ1n) is 7.92. The maximum Gasteiger partial charge on any atom is 0.435 e. The third kappa shape index (κ3) is 3.70. The summed E-state index contributed by atoms with van der Waals surface area (Å²) in [5, 5.41) is 13.4. The van der Waals surface area contributed by atoms with Crippen molar-refractivity contribution in [2.75, 3.05) is 19.7 Å². The van der Waals surface area contributed by atoms with Gasteiger partial charge in [-0.2, -0.15) is 18.3 Å². The molecule has 2 aliphatic heterocycles. The Labute approximate surface area is 133 Å². The van der Waals surface area contributed by atoms with Gasteiger partial charge in [-0.15, -0.1) is 0 Å². The normalized spacial score (nSPS) is 25.9. The summed E-state index contributed by atoms with van der Waals surface area (Å²) < 4.78 is 45.3. The summed E-state index contributed by atoms with van der Waals surface area (Å²) in [7, 11) is 1.54. The number of ether oxygens (including phenoxy) is 1. The molecular weight excluding hydrogens is 311 g/mol.